The molecule has 2 aromatic carbocycles. The molecule has 2 heterocycles. The van der Waals surface area contributed by atoms with Crippen molar-refractivity contribution in [3.8, 4) is 11.5 Å². The topological polar surface area (TPSA) is 76.8 Å². The monoisotopic (exact) mass is 401 g/mol. The van der Waals surface area contributed by atoms with E-state index in [0.717, 1.165) is 29.0 Å². The Kier molecular flexibility index (Phi) is 5.71. The molecule has 6 nitrogen and oxygen atoms in total. The Hall–Kier alpha value is -2.28. The molecule has 0 aromatic heterocycles. The molecule has 0 aliphatic carbocycles. The molecule has 0 radical (unpaired) electrons. The summed E-state index contributed by atoms with van der Waals surface area (Å²) in [4.78, 5) is 14.9. The number of carbonyl (C=O) groups is 1. The molecule has 28 heavy (non-hydrogen) atoms. The van der Waals surface area contributed by atoms with Crippen molar-refractivity contribution in [1.82, 2.24) is 10.2 Å². The van der Waals surface area contributed by atoms with Crippen LogP contribution >= 0.6 is 11.6 Å². The highest BCUT2D eigenvalue weighted by molar-refractivity contribution is 6.31. The van der Waals surface area contributed by atoms with Gasteiger partial charge >= 0.3 is 0 Å². The number of likely N-dealkylation sites (tertiary alicyclic amines) is 1. The summed E-state index contributed by atoms with van der Waals surface area (Å²) < 4.78 is 10.7. The number of nitrogens with two attached hydrogens (primary N) is 1. The number of carbonyl (C=O) groups excluding carboxylic acids is 1. The van der Waals surface area contributed by atoms with Crippen LogP contribution in [0, 0.1) is 0 Å². The van der Waals surface area contributed by atoms with Crippen LogP contribution in [0.5, 0.6) is 11.5 Å². The van der Waals surface area contributed by atoms with E-state index in [1.54, 1.807) is 0 Å². The molecule has 0 unspecified atom stereocenters. The number of halogens is 1. The predicted molar refractivity (Wildman–Crippen MR) is 108 cm³/mol. The molecule has 2 aromatic rings. The largest absolute Gasteiger partial charge is 0.454 e. The van der Waals surface area contributed by atoms with E-state index < -0.39 is 0 Å². The zero-order chi connectivity index (χ0) is 19.5. The summed E-state index contributed by atoms with van der Waals surface area (Å²) in [5.41, 5.74) is 8.24. The van der Waals surface area contributed by atoms with Gasteiger partial charge in [0, 0.05) is 30.7 Å². The predicted octanol–water partition coefficient (Wildman–Crippen LogP) is 2.33. The van der Waals surface area contributed by atoms with Gasteiger partial charge in [0.2, 0.25) is 12.7 Å². The summed E-state index contributed by atoms with van der Waals surface area (Å²) >= 11 is 6.28. The SMILES string of the molecule is N[C@H]1C[C@@H](C(=O)NCCc2ccc3c(c2)OCO3)N(Cc2ccccc2Cl)C1. The van der Waals surface area contributed by atoms with Crippen molar-refractivity contribution in [2.45, 2.75) is 31.5 Å². The normalized spacial score (nSPS) is 21.1. The minimum Gasteiger partial charge on any atom is -0.454 e. The quantitative estimate of drug-likeness (QED) is 0.776. The van der Waals surface area contributed by atoms with Gasteiger partial charge in [-0.3, -0.25) is 9.69 Å². The first kappa shape index (κ1) is 19.1. The van der Waals surface area contributed by atoms with Crippen LogP contribution < -0.4 is 20.5 Å². The zero-order valence-corrected chi connectivity index (χ0v) is 16.3. The van der Waals surface area contributed by atoms with E-state index in [4.69, 9.17) is 26.8 Å². The van der Waals surface area contributed by atoms with Gasteiger partial charge < -0.3 is 20.5 Å². The van der Waals surface area contributed by atoms with Crippen molar-refractivity contribution in [3.63, 3.8) is 0 Å². The summed E-state index contributed by atoms with van der Waals surface area (Å²) in [5.74, 6) is 1.54. The maximum absolute atomic E-state index is 12.8. The van der Waals surface area contributed by atoms with Gasteiger partial charge in [-0.05, 0) is 42.2 Å². The fraction of sp³-hybridized carbons (Fsp3) is 0.381. The van der Waals surface area contributed by atoms with Crippen molar-refractivity contribution >= 4 is 17.5 Å². The van der Waals surface area contributed by atoms with Crippen molar-refractivity contribution in [3.05, 3.63) is 58.6 Å². The van der Waals surface area contributed by atoms with Crippen molar-refractivity contribution in [1.29, 1.82) is 0 Å². The second-order valence-corrected chi connectivity index (χ2v) is 7.67. The smallest absolute Gasteiger partial charge is 0.237 e. The molecule has 3 N–H and O–H groups in total. The summed E-state index contributed by atoms with van der Waals surface area (Å²) in [6, 6.07) is 13.3. The molecular formula is C21H24ClN3O3. The Bertz CT molecular complexity index is 861. The Labute approximate surface area is 169 Å². The van der Waals surface area contributed by atoms with Crippen molar-refractivity contribution < 1.29 is 14.3 Å². The number of amides is 1. The first-order valence-corrected chi connectivity index (χ1v) is 9.87. The van der Waals surface area contributed by atoms with Gasteiger partial charge in [-0.15, -0.1) is 0 Å². The van der Waals surface area contributed by atoms with E-state index in [-0.39, 0.29) is 24.8 Å². The fourth-order valence-electron chi connectivity index (χ4n) is 3.78. The number of rotatable bonds is 6. The third-order valence-corrected chi connectivity index (χ3v) is 5.59. The highest BCUT2D eigenvalue weighted by Crippen LogP contribution is 2.32. The first-order valence-electron chi connectivity index (χ1n) is 9.49. The van der Waals surface area contributed by atoms with E-state index in [2.05, 4.69) is 10.2 Å². The van der Waals surface area contributed by atoms with Crippen LogP contribution in [0.25, 0.3) is 0 Å². The highest BCUT2D eigenvalue weighted by Gasteiger charge is 2.35. The first-order chi connectivity index (χ1) is 13.6. The van der Waals surface area contributed by atoms with E-state index in [0.29, 0.717) is 31.1 Å². The maximum Gasteiger partial charge on any atom is 0.237 e. The van der Waals surface area contributed by atoms with Gasteiger partial charge in [-0.1, -0.05) is 35.9 Å². The van der Waals surface area contributed by atoms with E-state index in [1.807, 2.05) is 42.5 Å². The molecular weight excluding hydrogens is 378 g/mol. The Balaban J connectivity index is 1.33. The summed E-state index contributed by atoms with van der Waals surface area (Å²) in [5, 5.41) is 3.76. The van der Waals surface area contributed by atoms with Crippen molar-refractivity contribution in [2.24, 2.45) is 5.73 Å². The standard InChI is InChI=1S/C21H24ClN3O3/c22-17-4-2-1-3-15(17)11-25-12-16(23)10-18(25)21(26)24-8-7-14-5-6-19-20(9-14)28-13-27-19/h1-6,9,16,18H,7-8,10-13,23H2,(H,24,26)/t16-,18-/m0/s1. The number of hydrogen-bond acceptors (Lipinski definition) is 5. The van der Waals surface area contributed by atoms with Gasteiger partial charge in [-0.25, -0.2) is 0 Å². The summed E-state index contributed by atoms with van der Waals surface area (Å²) in [6.45, 7) is 2.13. The third kappa shape index (κ3) is 4.24. The lowest BCUT2D eigenvalue weighted by molar-refractivity contribution is -0.125. The van der Waals surface area contributed by atoms with Gasteiger partial charge in [0.25, 0.3) is 0 Å². The molecule has 1 amide bonds. The Morgan fingerprint density at radius 2 is 2.04 bits per heavy atom. The minimum atomic E-state index is -0.233. The number of fused-ring (bicyclic) bond motifs is 1. The second-order valence-electron chi connectivity index (χ2n) is 7.26. The number of benzene rings is 2. The van der Waals surface area contributed by atoms with Crippen LogP contribution in [0.15, 0.2) is 42.5 Å². The number of nitrogens with zero attached hydrogens (tertiary/aromatic N) is 1. The average molecular weight is 402 g/mol. The molecule has 2 atom stereocenters. The number of nitrogens with one attached hydrogen (secondary N) is 1. The van der Waals surface area contributed by atoms with Gasteiger partial charge in [-0.2, -0.15) is 0 Å². The maximum atomic E-state index is 12.8. The molecule has 4 rings (SSSR count). The Morgan fingerprint density at radius 3 is 2.89 bits per heavy atom. The lowest BCUT2D eigenvalue weighted by Gasteiger charge is -2.24. The van der Waals surface area contributed by atoms with Gasteiger partial charge in [0.15, 0.2) is 11.5 Å². The molecule has 0 spiro atoms. The molecule has 2 aliphatic rings. The molecule has 0 saturated carbocycles. The second kappa shape index (κ2) is 8.39. The van der Waals surface area contributed by atoms with Crippen LogP contribution in [0.3, 0.4) is 0 Å². The van der Waals surface area contributed by atoms with Gasteiger partial charge in [0.05, 0.1) is 6.04 Å². The summed E-state index contributed by atoms with van der Waals surface area (Å²) in [6.07, 6.45) is 1.38. The molecule has 1 fully saturated rings. The van der Waals surface area contributed by atoms with E-state index >= 15 is 0 Å². The molecule has 2 aliphatic heterocycles. The van der Waals surface area contributed by atoms with E-state index in [1.165, 1.54) is 0 Å². The van der Waals surface area contributed by atoms with Crippen molar-refractivity contribution in [2.75, 3.05) is 19.9 Å². The summed E-state index contributed by atoms with van der Waals surface area (Å²) in [7, 11) is 0. The van der Waals surface area contributed by atoms with E-state index in [9.17, 15) is 4.79 Å². The molecule has 1 saturated heterocycles. The third-order valence-electron chi connectivity index (χ3n) is 5.22. The molecule has 7 heteroatoms. The molecule has 0 bridgehead atoms. The number of hydrogen-bond donors (Lipinski definition) is 2. The lowest BCUT2D eigenvalue weighted by Crippen LogP contribution is -2.43. The number of ether oxygens (including phenoxy) is 2. The lowest BCUT2D eigenvalue weighted by atomic mass is 10.1. The average Bonchev–Trinajstić information content (AvgIpc) is 3.29. The highest BCUT2D eigenvalue weighted by atomic mass is 35.5. The van der Waals surface area contributed by atoms with Gasteiger partial charge in [0.1, 0.15) is 0 Å². The van der Waals surface area contributed by atoms with Crippen LogP contribution in [0.1, 0.15) is 17.5 Å². The zero-order valence-electron chi connectivity index (χ0n) is 15.6. The van der Waals surface area contributed by atoms with Crippen LogP contribution in [-0.4, -0.2) is 42.8 Å². The fourth-order valence-corrected chi connectivity index (χ4v) is 3.97. The van der Waals surface area contributed by atoms with Crippen LogP contribution in [0.4, 0.5) is 0 Å². The van der Waals surface area contributed by atoms with Crippen LogP contribution in [-0.2, 0) is 17.8 Å². The minimum absolute atomic E-state index is 0.00732. The van der Waals surface area contributed by atoms with Crippen LogP contribution in [0.2, 0.25) is 5.02 Å². The molecule has 148 valence electrons. The Morgan fingerprint density at radius 1 is 1.21 bits per heavy atom.